The normalized spacial score (nSPS) is 11.2. The lowest BCUT2D eigenvalue weighted by Gasteiger charge is -2.10. The van der Waals surface area contributed by atoms with Crippen molar-refractivity contribution in [2.45, 2.75) is 33.1 Å². The number of aliphatic imine (C=N–C) groups is 1. The summed E-state index contributed by atoms with van der Waals surface area (Å²) in [6, 6.07) is 9.58. The fourth-order valence-electron chi connectivity index (χ4n) is 1.62. The molecule has 0 aliphatic carbocycles. The fourth-order valence-corrected chi connectivity index (χ4v) is 1.62. The van der Waals surface area contributed by atoms with Crippen LogP contribution in [-0.4, -0.2) is 12.6 Å². The van der Waals surface area contributed by atoms with E-state index in [9.17, 15) is 0 Å². The van der Waals surface area contributed by atoms with Crippen LogP contribution < -0.4 is 10.1 Å². The summed E-state index contributed by atoms with van der Waals surface area (Å²) in [5.41, 5.74) is 0. The summed E-state index contributed by atoms with van der Waals surface area (Å²) >= 11 is 0. The molecule has 0 aliphatic heterocycles. The lowest BCUT2D eigenvalue weighted by molar-refractivity contribution is 0.498. The van der Waals surface area contributed by atoms with E-state index in [0.717, 1.165) is 25.3 Å². The first kappa shape index (κ1) is 15.0. The molecule has 1 N–H and O–H groups in total. The predicted octanol–water partition coefficient (Wildman–Crippen LogP) is 3.32. The molecule has 0 atom stereocenters. The zero-order valence-electron chi connectivity index (χ0n) is 11.6. The van der Waals surface area contributed by atoms with Gasteiger partial charge in [-0.3, -0.25) is 0 Å². The van der Waals surface area contributed by atoms with Crippen molar-refractivity contribution in [3.63, 3.8) is 0 Å². The highest BCUT2D eigenvalue weighted by Crippen LogP contribution is 2.08. The Bertz CT molecular complexity index is 421. The van der Waals surface area contributed by atoms with E-state index in [4.69, 9.17) is 10.00 Å². The Morgan fingerprint density at radius 3 is 2.68 bits per heavy atom. The van der Waals surface area contributed by atoms with Gasteiger partial charge >= 0.3 is 6.02 Å². The number of hydrogen-bond donors (Lipinski definition) is 1. The van der Waals surface area contributed by atoms with Crippen LogP contribution in [0.1, 0.15) is 33.1 Å². The number of benzene rings is 1. The molecule has 0 amide bonds. The first-order valence-corrected chi connectivity index (χ1v) is 6.66. The number of amidine groups is 1. The third-order valence-electron chi connectivity index (χ3n) is 2.59. The van der Waals surface area contributed by atoms with Crippen molar-refractivity contribution in [2.24, 2.45) is 10.9 Å². The Morgan fingerprint density at radius 2 is 2.05 bits per heavy atom. The van der Waals surface area contributed by atoms with Crippen molar-refractivity contribution >= 4 is 6.02 Å². The van der Waals surface area contributed by atoms with E-state index < -0.39 is 0 Å². The number of ether oxygens (including phenoxy) is 1. The van der Waals surface area contributed by atoms with Crippen LogP contribution in [0.25, 0.3) is 0 Å². The summed E-state index contributed by atoms with van der Waals surface area (Å²) in [4.78, 5) is 3.64. The van der Waals surface area contributed by atoms with Crippen LogP contribution in [0.15, 0.2) is 35.3 Å². The zero-order valence-corrected chi connectivity index (χ0v) is 11.6. The van der Waals surface area contributed by atoms with E-state index in [0.29, 0.717) is 5.75 Å². The third kappa shape index (κ3) is 7.10. The number of unbranched alkanes of at least 4 members (excludes halogenated alkanes) is 1. The Morgan fingerprint density at radius 1 is 1.32 bits per heavy atom. The highest BCUT2D eigenvalue weighted by Gasteiger charge is 2.02. The van der Waals surface area contributed by atoms with Gasteiger partial charge in [0.1, 0.15) is 5.75 Å². The van der Waals surface area contributed by atoms with Gasteiger partial charge in [0.25, 0.3) is 0 Å². The molecule has 0 radical (unpaired) electrons. The van der Waals surface area contributed by atoms with Gasteiger partial charge < -0.3 is 10.1 Å². The van der Waals surface area contributed by atoms with Crippen LogP contribution >= 0.6 is 0 Å². The van der Waals surface area contributed by atoms with E-state index in [-0.39, 0.29) is 6.02 Å². The van der Waals surface area contributed by atoms with E-state index >= 15 is 0 Å². The van der Waals surface area contributed by atoms with Gasteiger partial charge in [-0.1, -0.05) is 44.9 Å². The molecule has 0 heterocycles. The van der Waals surface area contributed by atoms with Crippen molar-refractivity contribution in [1.29, 1.82) is 5.26 Å². The second-order valence-electron chi connectivity index (χ2n) is 4.75. The smallest absolute Gasteiger partial charge is 0.305 e. The molecule has 0 fully saturated rings. The van der Waals surface area contributed by atoms with Gasteiger partial charge in [-0.2, -0.15) is 5.26 Å². The number of nitrogens with one attached hydrogen (secondary N) is 1. The summed E-state index contributed by atoms with van der Waals surface area (Å²) in [6.07, 6.45) is 5.17. The predicted molar refractivity (Wildman–Crippen MR) is 76.8 cm³/mol. The minimum atomic E-state index is 0.262. The van der Waals surface area contributed by atoms with Crippen molar-refractivity contribution < 1.29 is 4.74 Å². The van der Waals surface area contributed by atoms with E-state index in [2.05, 4.69) is 24.2 Å². The van der Waals surface area contributed by atoms with Crippen LogP contribution in [0.5, 0.6) is 5.75 Å². The molecule has 1 aromatic rings. The Labute approximate surface area is 115 Å². The average molecular weight is 259 g/mol. The maximum Gasteiger partial charge on any atom is 0.305 e. The average Bonchev–Trinajstić information content (AvgIpc) is 2.39. The molecule has 0 bridgehead atoms. The second-order valence-corrected chi connectivity index (χ2v) is 4.75. The summed E-state index contributed by atoms with van der Waals surface area (Å²) in [5, 5.41) is 11.7. The van der Waals surface area contributed by atoms with Crippen LogP contribution in [0.2, 0.25) is 0 Å². The quantitative estimate of drug-likeness (QED) is 0.369. The molecule has 0 saturated heterocycles. The SMILES string of the molecule is CC(C)CCCCN/C(=N/C#N)Oc1ccccc1. The molecule has 4 heteroatoms. The van der Waals surface area contributed by atoms with Gasteiger partial charge in [0.2, 0.25) is 6.19 Å². The Balaban J connectivity index is 2.34. The minimum Gasteiger partial charge on any atom is -0.425 e. The van der Waals surface area contributed by atoms with Gasteiger partial charge in [0.15, 0.2) is 0 Å². The minimum absolute atomic E-state index is 0.262. The Kier molecular flexibility index (Phi) is 7.11. The topological polar surface area (TPSA) is 57.4 Å². The summed E-state index contributed by atoms with van der Waals surface area (Å²) < 4.78 is 5.50. The van der Waals surface area contributed by atoms with Crippen molar-refractivity contribution in [3.8, 4) is 11.9 Å². The van der Waals surface area contributed by atoms with Gasteiger partial charge in [0.05, 0.1) is 0 Å². The molecular weight excluding hydrogens is 238 g/mol. The van der Waals surface area contributed by atoms with E-state index in [1.165, 1.54) is 6.42 Å². The molecule has 0 saturated carbocycles. The highest BCUT2D eigenvalue weighted by atomic mass is 16.5. The number of rotatable bonds is 6. The van der Waals surface area contributed by atoms with Gasteiger partial charge in [-0.15, -0.1) is 4.99 Å². The largest absolute Gasteiger partial charge is 0.425 e. The summed E-state index contributed by atoms with van der Waals surface area (Å²) in [7, 11) is 0. The number of nitrogens with zero attached hydrogens (tertiary/aromatic N) is 2. The second kappa shape index (κ2) is 8.98. The van der Waals surface area contributed by atoms with Crippen molar-refractivity contribution in [2.75, 3.05) is 6.54 Å². The molecule has 0 aromatic heterocycles. The molecule has 1 aromatic carbocycles. The standard InChI is InChI=1S/C15H21N3O/c1-13(2)8-6-7-11-17-15(18-12-16)19-14-9-4-3-5-10-14/h3-5,9-10,13H,6-8,11H2,1-2H3,(H,17,18). The van der Waals surface area contributed by atoms with E-state index in [1.54, 1.807) is 6.19 Å². The lowest BCUT2D eigenvalue weighted by Crippen LogP contribution is -2.29. The molecule has 0 spiro atoms. The number of nitriles is 1. The third-order valence-corrected chi connectivity index (χ3v) is 2.59. The maximum absolute atomic E-state index is 8.63. The molecular formula is C15H21N3O. The maximum atomic E-state index is 8.63. The molecule has 102 valence electrons. The van der Waals surface area contributed by atoms with Crippen LogP contribution in [0, 0.1) is 17.4 Å². The fraction of sp³-hybridized carbons (Fsp3) is 0.467. The van der Waals surface area contributed by atoms with E-state index in [1.807, 2.05) is 30.3 Å². The lowest BCUT2D eigenvalue weighted by atomic mass is 10.1. The van der Waals surface area contributed by atoms with Gasteiger partial charge in [-0.05, 0) is 24.5 Å². The molecule has 19 heavy (non-hydrogen) atoms. The van der Waals surface area contributed by atoms with Crippen LogP contribution in [0.4, 0.5) is 0 Å². The zero-order chi connectivity index (χ0) is 13.9. The number of hydrogen-bond acceptors (Lipinski definition) is 3. The molecule has 0 aliphatic rings. The first-order valence-electron chi connectivity index (χ1n) is 6.66. The van der Waals surface area contributed by atoms with Crippen LogP contribution in [-0.2, 0) is 0 Å². The molecule has 1 rings (SSSR count). The van der Waals surface area contributed by atoms with Gasteiger partial charge in [-0.25, -0.2) is 0 Å². The van der Waals surface area contributed by atoms with Crippen LogP contribution in [0.3, 0.4) is 0 Å². The van der Waals surface area contributed by atoms with Crippen molar-refractivity contribution in [3.05, 3.63) is 30.3 Å². The summed E-state index contributed by atoms with van der Waals surface area (Å²) in [5.74, 6) is 1.40. The molecule has 4 nitrogen and oxygen atoms in total. The number of para-hydroxylation sites is 1. The monoisotopic (exact) mass is 259 g/mol. The Hall–Kier alpha value is -2.02. The summed E-state index contributed by atoms with van der Waals surface area (Å²) in [6.45, 7) is 5.20. The van der Waals surface area contributed by atoms with Gasteiger partial charge in [0, 0.05) is 6.54 Å². The molecule has 0 unspecified atom stereocenters. The first-order chi connectivity index (χ1) is 9.22. The highest BCUT2D eigenvalue weighted by molar-refractivity contribution is 5.77. The van der Waals surface area contributed by atoms with Crippen molar-refractivity contribution in [1.82, 2.24) is 5.32 Å².